The molecule has 6 nitrogen and oxygen atoms in total. The first-order chi connectivity index (χ1) is 8.56. The number of anilines is 1. The second kappa shape index (κ2) is 5.18. The highest BCUT2D eigenvalue weighted by atomic mass is 32.1. The molecule has 0 saturated heterocycles. The summed E-state index contributed by atoms with van der Waals surface area (Å²) in [6, 6.07) is 2.05. The Balaban J connectivity index is 1.95. The van der Waals surface area contributed by atoms with E-state index < -0.39 is 0 Å². The van der Waals surface area contributed by atoms with E-state index in [4.69, 9.17) is 5.73 Å². The van der Waals surface area contributed by atoms with Gasteiger partial charge in [-0.25, -0.2) is 9.67 Å². The van der Waals surface area contributed by atoms with Crippen molar-refractivity contribution in [3.63, 3.8) is 0 Å². The minimum atomic E-state index is -0.0206. The van der Waals surface area contributed by atoms with Crippen molar-refractivity contribution in [2.24, 2.45) is 0 Å². The van der Waals surface area contributed by atoms with E-state index in [0.29, 0.717) is 6.54 Å². The lowest BCUT2D eigenvalue weighted by molar-refractivity contribution is -0.131. The van der Waals surface area contributed by atoms with Crippen molar-refractivity contribution >= 4 is 23.2 Å². The number of nitrogens with two attached hydrogens (primary N) is 1. The summed E-state index contributed by atoms with van der Waals surface area (Å²) in [7, 11) is 1.78. The van der Waals surface area contributed by atoms with Gasteiger partial charge < -0.3 is 10.6 Å². The Morgan fingerprint density at radius 3 is 2.94 bits per heavy atom. The van der Waals surface area contributed by atoms with Crippen LogP contribution in [0.3, 0.4) is 0 Å². The molecule has 0 aliphatic carbocycles. The molecular weight excluding hydrogens is 250 g/mol. The Hall–Kier alpha value is -1.89. The van der Waals surface area contributed by atoms with Crippen molar-refractivity contribution in [1.29, 1.82) is 0 Å². The van der Waals surface area contributed by atoms with Gasteiger partial charge >= 0.3 is 0 Å². The summed E-state index contributed by atoms with van der Waals surface area (Å²) in [4.78, 5) is 18.6. The maximum absolute atomic E-state index is 12.0. The Morgan fingerprint density at radius 2 is 2.39 bits per heavy atom. The zero-order chi connectivity index (χ0) is 13.1. The fourth-order valence-corrected chi connectivity index (χ4v) is 2.47. The maximum Gasteiger partial charge on any atom is 0.244 e. The molecule has 0 saturated carbocycles. The molecule has 18 heavy (non-hydrogen) atoms. The van der Waals surface area contributed by atoms with Crippen LogP contribution in [0.25, 0.3) is 0 Å². The lowest BCUT2D eigenvalue weighted by Gasteiger charge is -2.16. The number of aryl methyl sites for hydroxylation is 1. The number of carbonyl (C=O) groups is 1. The number of nitrogens with zero attached hydrogens (tertiary/aromatic N) is 4. The van der Waals surface area contributed by atoms with Crippen LogP contribution >= 0.6 is 11.3 Å². The molecule has 96 valence electrons. The van der Waals surface area contributed by atoms with Crippen molar-refractivity contribution in [3.8, 4) is 0 Å². The second-order valence-electron chi connectivity index (χ2n) is 4.08. The number of thiophene rings is 1. The number of rotatable bonds is 4. The normalized spacial score (nSPS) is 10.6. The SMILES string of the molecule is Cc1ccsc1CN(C)C(=O)Cn1cnc(N)n1. The third-order valence-corrected chi connectivity index (χ3v) is 3.63. The molecule has 0 unspecified atom stereocenters. The smallest absolute Gasteiger partial charge is 0.244 e. The Labute approximate surface area is 109 Å². The lowest BCUT2D eigenvalue weighted by atomic mass is 10.3. The van der Waals surface area contributed by atoms with E-state index in [1.54, 1.807) is 23.3 Å². The van der Waals surface area contributed by atoms with Crippen molar-refractivity contribution < 1.29 is 4.79 Å². The number of aromatic nitrogens is 3. The van der Waals surface area contributed by atoms with E-state index in [0.717, 1.165) is 0 Å². The number of amides is 1. The molecule has 0 fully saturated rings. The molecule has 2 rings (SSSR count). The molecule has 2 aromatic rings. The molecule has 0 spiro atoms. The highest BCUT2D eigenvalue weighted by Gasteiger charge is 2.12. The summed E-state index contributed by atoms with van der Waals surface area (Å²) in [6.07, 6.45) is 1.46. The van der Waals surface area contributed by atoms with Crippen LogP contribution in [-0.4, -0.2) is 32.6 Å². The minimum absolute atomic E-state index is 0.0206. The summed E-state index contributed by atoms with van der Waals surface area (Å²) >= 11 is 1.66. The number of carbonyl (C=O) groups excluding carboxylic acids is 1. The molecule has 0 aliphatic rings. The van der Waals surface area contributed by atoms with E-state index in [9.17, 15) is 4.79 Å². The molecule has 0 aliphatic heterocycles. The van der Waals surface area contributed by atoms with Crippen LogP contribution in [0, 0.1) is 6.92 Å². The highest BCUT2D eigenvalue weighted by Crippen LogP contribution is 2.17. The third kappa shape index (κ3) is 2.86. The Kier molecular flexibility index (Phi) is 3.61. The largest absolute Gasteiger partial charge is 0.367 e. The van der Waals surface area contributed by atoms with Gasteiger partial charge in [0.1, 0.15) is 12.9 Å². The summed E-state index contributed by atoms with van der Waals surface area (Å²) in [5.74, 6) is 0.159. The fraction of sp³-hybridized carbons (Fsp3) is 0.364. The van der Waals surface area contributed by atoms with Crippen molar-refractivity contribution in [1.82, 2.24) is 19.7 Å². The monoisotopic (exact) mass is 265 g/mol. The minimum Gasteiger partial charge on any atom is -0.367 e. The zero-order valence-corrected chi connectivity index (χ0v) is 11.1. The summed E-state index contributed by atoms with van der Waals surface area (Å²) < 4.78 is 1.44. The van der Waals surface area contributed by atoms with Gasteiger partial charge in [-0.15, -0.1) is 16.4 Å². The van der Waals surface area contributed by atoms with E-state index in [2.05, 4.69) is 16.1 Å². The van der Waals surface area contributed by atoms with Gasteiger partial charge in [0.25, 0.3) is 0 Å². The standard InChI is InChI=1S/C11H15N5OS/c1-8-3-4-18-9(8)5-15(2)10(17)6-16-7-13-11(12)14-16/h3-4,7H,5-6H2,1-2H3,(H2,12,14). The number of likely N-dealkylation sites (N-methyl/N-ethyl adjacent to an activating group) is 1. The van der Waals surface area contributed by atoms with Crippen molar-refractivity contribution in [2.75, 3.05) is 12.8 Å². The Morgan fingerprint density at radius 1 is 1.61 bits per heavy atom. The molecule has 0 radical (unpaired) electrons. The van der Waals surface area contributed by atoms with Gasteiger partial charge in [0.15, 0.2) is 0 Å². The van der Waals surface area contributed by atoms with Crippen molar-refractivity contribution in [3.05, 3.63) is 28.2 Å². The molecule has 2 N–H and O–H groups in total. The van der Waals surface area contributed by atoms with Gasteiger partial charge in [-0.1, -0.05) is 0 Å². The first-order valence-electron chi connectivity index (χ1n) is 5.48. The van der Waals surface area contributed by atoms with E-state index >= 15 is 0 Å². The quantitative estimate of drug-likeness (QED) is 0.890. The van der Waals surface area contributed by atoms with Crippen LogP contribution in [0.4, 0.5) is 5.95 Å². The van der Waals surface area contributed by atoms with Crippen molar-refractivity contribution in [2.45, 2.75) is 20.0 Å². The van der Waals surface area contributed by atoms with Crippen LogP contribution in [0.5, 0.6) is 0 Å². The Bertz CT molecular complexity index is 547. The molecule has 0 atom stereocenters. The van der Waals surface area contributed by atoms with E-state index in [1.807, 2.05) is 12.3 Å². The van der Waals surface area contributed by atoms with Crippen LogP contribution in [0.1, 0.15) is 10.4 Å². The highest BCUT2D eigenvalue weighted by molar-refractivity contribution is 7.10. The molecule has 2 heterocycles. The van der Waals surface area contributed by atoms with Crippen LogP contribution < -0.4 is 5.73 Å². The van der Waals surface area contributed by atoms with Crippen LogP contribution in [-0.2, 0) is 17.9 Å². The predicted octanol–water partition coefficient (Wildman–Crippen LogP) is 0.889. The third-order valence-electron chi connectivity index (χ3n) is 2.63. The molecule has 0 aromatic carbocycles. The van der Waals surface area contributed by atoms with Gasteiger partial charge in [0, 0.05) is 11.9 Å². The topological polar surface area (TPSA) is 77.0 Å². The number of nitrogen functional groups attached to an aromatic ring is 1. The number of hydrogen-bond acceptors (Lipinski definition) is 5. The van der Waals surface area contributed by atoms with Crippen LogP contribution in [0.15, 0.2) is 17.8 Å². The summed E-state index contributed by atoms with van der Waals surface area (Å²) in [6.45, 7) is 2.82. The first-order valence-corrected chi connectivity index (χ1v) is 6.36. The summed E-state index contributed by atoms with van der Waals surface area (Å²) in [5.41, 5.74) is 6.61. The number of hydrogen-bond donors (Lipinski definition) is 1. The van der Waals surface area contributed by atoms with E-state index in [1.165, 1.54) is 21.4 Å². The van der Waals surface area contributed by atoms with Gasteiger partial charge in [-0.2, -0.15) is 0 Å². The van der Waals surface area contributed by atoms with E-state index in [-0.39, 0.29) is 18.4 Å². The van der Waals surface area contributed by atoms with Gasteiger partial charge in [-0.3, -0.25) is 4.79 Å². The zero-order valence-electron chi connectivity index (χ0n) is 10.3. The fourth-order valence-electron chi connectivity index (χ4n) is 1.51. The van der Waals surface area contributed by atoms with Crippen LogP contribution in [0.2, 0.25) is 0 Å². The average Bonchev–Trinajstić information content (AvgIpc) is 2.89. The molecule has 0 bridgehead atoms. The molecule has 1 amide bonds. The first kappa shape index (κ1) is 12.6. The summed E-state index contributed by atoms with van der Waals surface area (Å²) in [5, 5.41) is 5.91. The van der Waals surface area contributed by atoms with Gasteiger partial charge in [-0.05, 0) is 23.9 Å². The van der Waals surface area contributed by atoms with Gasteiger partial charge in [0.2, 0.25) is 11.9 Å². The maximum atomic E-state index is 12.0. The molecule has 7 heteroatoms. The molecular formula is C11H15N5OS. The lowest BCUT2D eigenvalue weighted by Crippen LogP contribution is -2.29. The average molecular weight is 265 g/mol. The second-order valence-corrected chi connectivity index (χ2v) is 5.08. The predicted molar refractivity (Wildman–Crippen MR) is 70.0 cm³/mol. The van der Waals surface area contributed by atoms with Gasteiger partial charge in [0.05, 0.1) is 6.54 Å². The molecule has 2 aromatic heterocycles.